The van der Waals surface area contributed by atoms with Crippen LogP contribution in [0.4, 0.5) is 0 Å². The number of allylic oxidation sites excluding steroid dienone is 3. The zero-order valence-corrected chi connectivity index (χ0v) is 19.8. The molecule has 1 aromatic rings. The molecule has 31 heavy (non-hydrogen) atoms. The van der Waals surface area contributed by atoms with E-state index in [9.17, 15) is 0 Å². The van der Waals surface area contributed by atoms with Crippen molar-refractivity contribution >= 4 is 29.4 Å². The summed E-state index contributed by atoms with van der Waals surface area (Å²) >= 11 is 1.60. The van der Waals surface area contributed by atoms with E-state index in [1.165, 1.54) is 0 Å². The molecule has 1 aliphatic rings. The average Bonchev–Trinajstić information content (AvgIpc) is 2.79. The second kappa shape index (κ2) is 15.2. The zero-order chi connectivity index (χ0) is 23.1. The van der Waals surface area contributed by atoms with Gasteiger partial charge in [-0.2, -0.15) is 10.2 Å². The molecule has 1 atom stereocenters. The van der Waals surface area contributed by atoms with Gasteiger partial charge in [0.1, 0.15) is 5.75 Å². The van der Waals surface area contributed by atoms with Crippen LogP contribution in [0, 0.1) is 0 Å². The molecule has 1 unspecified atom stereocenters. The summed E-state index contributed by atoms with van der Waals surface area (Å²) in [6, 6.07) is 7.91. The molecule has 0 fully saturated rings. The van der Waals surface area contributed by atoms with Crippen molar-refractivity contribution in [2.75, 3.05) is 19.4 Å². The molecular formula is C24H34N4O2S. The molecule has 0 aromatic heterocycles. The molecule has 1 N–H and O–H groups in total. The largest absolute Gasteiger partial charge is 0.497 e. The first-order valence-electron chi connectivity index (χ1n) is 10.3. The van der Waals surface area contributed by atoms with Crippen LogP contribution >= 0.6 is 11.8 Å². The van der Waals surface area contributed by atoms with Crippen LogP contribution in [0.3, 0.4) is 0 Å². The Bertz CT molecular complexity index is 811. The van der Waals surface area contributed by atoms with Gasteiger partial charge in [0.15, 0.2) is 0 Å². The highest BCUT2D eigenvalue weighted by molar-refractivity contribution is 8.14. The molecule has 0 saturated carbocycles. The number of aliphatic hydroxyl groups excluding tert-OH is 1. The van der Waals surface area contributed by atoms with Crippen molar-refractivity contribution in [1.29, 1.82) is 0 Å². The third-order valence-corrected chi connectivity index (χ3v) is 5.17. The van der Waals surface area contributed by atoms with Gasteiger partial charge in [0, 0.05) is 12.5 Å². The molecule has 168 valence electrons. The number of thioether (sulfide) groups is 1. The van der Waals surface area contributed by atoms with Crippen molar-refractivity contribution in [3.63, 3.8) is 0 Å². The lowest BCUT2D eigenvalue weighted by atomic mass is 10.1. The number of nitrogens with zero attached hydrogens (tertiary/aromatic N) is 4. The quantitative estimate of drug-likeness (QED) is 0.321. The lowest BCUT2D eigenvalue weighted by molar-refractivity contribution is 0.191. The van der Waals surface area contributed by atoms with E-state index in [1.54, 1.807) is 31.9 Å². The van der Waals surface area contributed by atoms with E-state index in [0.717, 1.165) is 46.4 Å². The standard InChI is InChI=1S/C20H24N4OS.C4H10O/c1-5-7-9-16(8-6-2)14-24-20(22-21-3)26-15-19(23-24)17-10-12-18(25-4)13-11-17;1-3-4(2)5/h6-13H,2-3,5,14-15H2,1,4H3;4-5H,3H2,1-2H3/b9-7-,16-8+,22-20+;. The topological polar surface area (TPSA) is 69.8 Å². The summed E-state index contributed by atoms with van der Waals surface area (Å²) in [5.74, 6) is 1.55. The maximum atomic E-state index is 8.36. The van der Waals surface area contributed by atoms with E-state index in [2.05, 4.69) is 42.6 Å². The Kier molecular flexibility index (Phi) is 12.9. The number of aliphatic hydroxyl groups is 1. The van der Waals surface area contributed by atoms with Crippen molar-refractivity contribution in [1.82, 2.24) is 5.01 Å². The normalized spacial score (nSPS) is 16.4. The fourth-order valence-electron chi connectivity index (χ4n) is 2.35. The second-order valence-corrected chi connectivity index (χ2v) is 7.63. The molecule has 7 heteroatoms. The maximum Gasteiger partial charge on any atom is 0.206 e. The first-order chi connectivity index (χ1) is 15.0. The van der Waals surface area contributed by atoms with Gasteiger partial charge in [-0.1, -0.05) is 56.5 Å². The fraction of sp³-hybridized carbons (Fsp3) is 0.375. The Labute approximate surface area is 190 Å². The number of methoxy groups -OCH3 is 1. The number of hydrazone groups is 1. The van der Waals surface area contributed by atoms with Gasteiger partial charge in [0.05, 0.1) is 25.5 Å². The van der Waals surface area contributed by atoms with E-state index >= 15 is 0 Å². The Morgan fingerprint density at radius 2 is 2.03 bits per heavy atom. The SMILES string of the molecule is C=C/C=C(\C=C/CC)CN1N=C(c2ccc(OC)cc2)CS/C1=N/N=C.CCC(C)O. The minimum Gasteiger partial charge on any atom is -0.497 e. The van der Waals surface area contributed by atoms with Gasteiger partial charge in [0.2, 0.25) is 5.17 Å². The molecule has 0 spiro atoms. The number of ether oxygens (including phenoxy) is 1. The Morgan fingerprint density at radius 3 is 2.55 bits per heavy atom. The van der Waals surface area contributed by atoms with Crippen LogP contribution in [0.2, 0.25) is 0 Å². The molecule has 0 saturated heterocycles. The summed E-state index contributed by atoms with van der Waals surface area (Å²) in [6.45, 7) is 13.7. The van der Waals surface area contributed by atoms with Gasteiger partial charge in [-0.05, 0) is 55.2 Å². The Hall–Kier alpha value is -2.64. The molecule has 1 heterocycles. The Balaban J connectivity index is 0.000000861. The van der Waals surface area contributed by atoms with Crippen LogP contribution in [0.5, 0.6) is 5.75 Å². The molecule has 0 amide bonds. The third kappa shape index (κ3) is 9.81. The van der Waals surface area contributed by atoms with Crippen LogP contribution in [-0.2, 0) is 0 Å². The number of hydrogen-bond acceptors (Lipinski definition) is 6. The lowest BCUT2D eigenvalue weighted by Crippen LogP contribution is -2.32. The molecule has 6 nitrogen and oxygen atoms in total. The second-order valence-electron chi connectivity index (χ2n) is 6.69. The van der Waals surface area contributed by atoms with Crippen LogP contribution < -0.4 is 4.74 Å². The van der Waals surface area contributed by atoms with E-state index in [4.69, 9.17) is 14.9 Å². The summed E-state index contributed by atoms with van der Waals surface area (Å²) < 4.78 is 5.23. The first-order valence-corrected chi connectivity index (χ1v) is 11.3. The van der Waals surface area contributed by atoms with Crippen LogP contribution in [0.15, 0.2) is 76.0 Å². The molecule has 2 rings (SSSR count). The smallest absolute Gasteiger partial charge is 0.206 e. The van der Waals surface area contributed by atoms with Crippen molar-refractivity contribution in [2.45, 2.75) is 39.7 Å². The van der Waals surface area contributed by atoms with Crippen molar-refractivity contribution in [2.24, 2.45) is 15.3 Å². The summed E-state index contributed by atoms with van der Waals surface area (Å²) in [7, 11) is 1.66. The highest BCUT2D eigenvalue weighted by Crippen LogP contribution is 2.23. The predicted molar refractivity (Wildman–Crippen MR) is 135 cm³/mol. The highest BCUT2D eigenvalue weighted by atomic mass is 32.2. The molecular weight excluding hydrogens is 408 g/mol. The van der Waals surface area contributed by atoms with Gasteiger partial charge in [-0.25, -0.2) is 5.01 Å². The van der Waals surface area contributed by atoms with Gasteiger partial charge in [-0.15, -0.1) is 5.10 Å². The first kappa shape index (κ1) is 26.4. The highest BCUT2D eigenvalue weighted by Gasteiger charge is 2.21. The predicted octanol–water partition coefficient (Wildman–Crippen LogP) is 5.28. The molecule has 0 bridgehead atoms. The fourth-order valence-corrected chi connectivity index (χ4v) is 3.21. The van der Waals surface area contributed by atoms with Gasteiger partial charge < -0.3 is 9.84 Å². The van der Waals surface area contributed by atoms with Crippen molar-refractivity contribution < 1.29 is 9.84 Å². The Morgan fingerprint density at radius 1 is 1.35 bits per heavy atom. The van der Waals surface area contributed by atoms with Crippen LogP contribution in [0.25, 0.3) is 0 Å². The van der Waals surface area contributed by atoms with Crippen molar-refractivity contribution in [3.8, 4) is 5.75 Å². The van der Waals surface area contributed by atoms with Gasteiger partial charge in [-0.3, -0.25) is 0 Å². The monoisotopic (exact) mass is 442 g/mol. The van der Waals surface area contributed by atoms with E-state index in [-0.39, 0.29) is 6.10 Å². The number of benzene rings is 1. The number of hydrogen-bond donors (Lipinski definition) is 1. The van der Waals surface area contributed by atoms with Gasteiger partial charge >= 0.3 is 0 Å². The molecule has 1 aliphatic heterocycles. The van der Waals surface area contributed by atoms with E-state index < -0.39 is 0 Å². The molecule has 1 aromatic carbocycles. The third-order valence-electron chi connectivity index (χ3n) is 4.20. The lowest BCUT2D eigenvalue weighted by Gasteiger charge is -2.26. The minimum atomic E-state index is -0.116. The molecule has 0 aliphatic carbocycles. The van der Waals surface area contributed by atoms with E-state index in [1.807, 2.05) is 42.3 Å². The summed E-state index contributed by atoms with van der Waals surface area (Å²) in [5, 5.41) is 23.6. The number of rotatable bonds is 9. The summed E-state index contributed by atoms with van der Waals surface area (Å²) in [4.78, 5) is 0. The van der Waals surface area contributed by atoms with Crippen LogP contribution in [0.1, 0.15) is 39.2 Å². The van der Waals surface area contributed by atoms with Crippen molar-refractivity contribution in [3.05, 3.63) is 66.3 Å². The average molecular weight is 443 g/mol. The van der Waals surface area contributed by atoms with Crippen LogP contribution in [-0.4, -0.2) is 53.2 Å². The summed E-state index contributed by atoms with van der Waals surface area (Å²) in [5.41, 5.74) is 3.14. The summed E-state index contributed by atoms with van der Waals surface area (Å²) in [6.07, 6.45) is 9.68. The molecule has 0 radical (unpaired) electrons. The maximum absolute atomic E-state index is 8.36. The zero-order valence-electron chi connectivity index (χ0n) is 19.0. The number of amidine groups is 1. The minimum absolute atomic E-state index is 0.116. The van der Waals surface area contributed by atoms with Gasteiger partial charge in [0.25, 0.3) is 0 Å². The van der Waals surface area contributed by atoms with E-state index in [0.29, 0.717) is 6.54 Å².